The van der Waals surface area contributed by atoms with Gasteiger partial charge in [-0.15, -0.1) is 11.3 Å². The van der Waals surface area contributed by atoms with E-state index in [-0.39, 0.29) is 28.5 Å². The van der Waals surface area contributed by atoms with Crippen LogP contribution in [0.4, 0.5) is 17.1 Å². The van der Waals surface area contributed by atoms with Gasteiger partial charge in [-0.3, -0.25) is 24.7 Å². The van der Waals surface area contributed by atoms with Gasteiger partial charge in [0.15, 0.2) is 0 Å². The molecule has 0 unspecified atom stereocenters. The van der Waals surface area contributed by atoms with E-state index in [9.17, 15) is 23.3 Å². The van der Waals surface area contributed by atoms with E-state index in [1.807, 2.05) is 41.9 Å². The van der Waals surface area contributed by atoms with E-state index in [1.165, 1.54) is 28.8 Å². The first-order valence-electron chi connectivity index (χ1n) is 22.3. The summed E-state index contributed by atoms with van der Waals surface area (Å²) in [6, 6.07) is 24.4. The maximum Gasteiger partial charge on any atom is 0.293 e. The quantitative estimate of drug-likeness (QED) is 0.0703. The summed E-state index contributed by atoms with van der Waals surface area (Å²) in [4.78, 5) is 39.9. The highest BCUT2D eigenvalue weighted by Gasteiger charge is 2.31. The number of amides is 1. The van der Waals surface area contributed by atoms with E-state index in [0.29, 0.717) is 5.75 Å². The van der Waals surface area contributed by atoms with Crippen LogP contribution >= 0.6 is 22.9 Å². The number of rotatable bonds is 14. The lowest BCUT2D eigenvalue weighted by Crippen LogP contribution is -2.47. The number of fused-ring (bicyclic) bond motifs is 1. The molecule has 2 saturated heterocycles. The fourth-order valence-corrected chi connectivity index (χ4v) is 11.0. The number of piperidine rings is 1. The van der Waals surface area contributed by atoms with Crippen LogP contribution in [-0.2, 0) is 16.6 Å². The van der Waals surface area contributed by atoms with Gasteiger partial charge in [-0.1, -0.05) is 43.2 Å². The van der Waals surface area contributed by atoms with Crippen molar-refractivity contribution in [3.05, 3.63) is 140 Å². The Morgan fingerprint density at radius 3 is 2.47 bits per heavy atom. The Bertz CT molecular complexity index is 2870. The molecule has 3 aliphatic rings. The van der Waals surface area contributed by atoms with Crippen LogP contribution in [0, 0.1) is 15.5 Å². The van der Waals surface area contributed by atoms with Gasteiger partial charge in [0.1, 0.15) is 22.2 Å². The smallest absolute Gasteiger partial charge is 0.293 e. The summed E-state index contributed by atoms with van der Waals surface area (Å²) in [7, 11) is -4.56. The average Bonchev–Trinajstić information content (AvgIpc) is 4.00. The molecule has 0 atom stereocenters. The van der Waals surface area contributed by atoms with Crippen LogP contribution in [0.25, 0.3) is 16.5 Å². The van der Waals surface area contributed by atoms with Gasteiger partial charge in [0.05, 0.1) is 21.9 Å². The molecule has 3 N–H and O–H groups in total. The summed E-state index contributed by atoms with van der Waals surface area (Å²) in [6.45, 7) is 11.0. The monoisotopic (exact) mass is 948 g/mol. The fraction of sp³-hybridized carbons (Fsp3) is 0.347. The maximum atomic E-state index is 14.0. The van der Waals surface area contributed by atoms with Gasteiger partial charge in [-0.25, -0.2) is 18.1 Å². The van der Waals surface area contributed by atoms with E-state index >= 15 is 0 Å². The Kier molecular flexibility index (Phi) is 13.2. The lowest BCUT2D eigenvalue weighted by molar-refractivity contribution is -0.384. The highest BCUT2D eigenvalue weighted by molar-refractivity contribution is 7.90. The van der Waals surface area contributed by atoms with Crippen molar-refractivity contribution in [3.63, 3.8) is 0 Å². The van der Waals surface area contributed by atoms with E-state index < -0.39 is 31.4 Å². The number of H-pyrrole nitrogens is 1. The average molecular weight is 950 g/mol. The number of aromatic nitrogens is 2. The normalized spacial score (nSPS) is 17.5. The number of aromatic amines is 1. The number of carbonyl (C=O) groups is 1. The van der Waals surface area contributed by atoms with Crippen molar-refractivity contribution in [2.75, 3.05) is 56.0 Å². The van der Waals surface area contributed by atoms with E-state index in [4.69, 9.17) is 16.3 Å². The third-order valence-corrected chi connectivity index (χ3v) is 15.3. The molecule has 4 aromatic carbocycles. The van der Waals surface area contributed by atoms with Gasteiger partial charge in [-0.05, 0) is 109 Å². The molecular formula is C49H53ClN8O6S2. The summed E-state index contributed by atoms with van der Waals surface area (Å²) >= 11 is 7.86. The number of thiazole rings is 1. The zero-order valence-corrected chi connectivity index (χ0v) is 39.4. The number of nitro groups is 1. The molecule has 0 saturated carbocycles. The van der Waals surface area contributed by atoms with Crippen LogP contribution in [0.3, 0.4) is 0 Å². The molecule has 1 aliphatic carbocycles. The van der Waals surface area contributed by atoms with Crippen LogP contribution in [0.2, 0.25) is 5.02 Å². The summed E-state index contributed by atoms with van der Waals surface area (Å²) in [5, 5.41) is 20.2. The first-order chi connectivity index (χ1) is 31.7. The second kappa shape index (κ2) is 19.2. The number of nitro benzene ring substituents is 1. The van der Waals surface area contributed by atoms with Gasteiger partial charge in [0.2, 0.25) is 0 Å². The lowest BCUT2D eigenvalue weighted by Gasteiger charge is -2.39. The van der Waals surface area contributed by atoms with Crippen molar-refractivity contribution < 1.29 is 22.9 Å². The molecule has 6 aromatic rings. The summed E-state index contributed by atoms with van der Waals surface area (Å²) in [5.74, 6) is -0.299. The fourth-order valence-electron chi connectivity index (χ4n) is 9.26. The second-order valence-electron chi connectivity index (χ2n) is 18.2. The van der Waals surface area contributed by atoms with Crippen LogP contribution in [-0.4, -0.2) is 90.9 Å². The minimum Gasteiger partial charge on any atom is -0.456 e. The third kappa shape index (κ3) is 10.6. The first-order valence-corrected chi connectivity index (χ1v) is 25.1. The van der Waals surface area contributed by atoms with Crippen molar-refractivity contribution in [2.24, 2.45) is 5.41 Å². The standard InChI is InChI=1S/C49H53ClN8O6S2/c1-49(2)17-13-35(42(30-49)33-3-5-36(50)6-4-33)31-56-22-24-57(25-23-56)38-7-10-41(46(28-38)64-39-8-11-43-34(27-39)14-18-51-43)48(59)54-66(62,63)40-9-12-44(45(29-40)58(60)61)53-37-15-20-55(21-16-37)32-47-52-19-26-65-47/h3-12,14,18-19,26-29,37,51,53H,13,15-17,20-25,30-32H2,1-2H3,(H,54,59). The van der Waals surface area contributed by atoms with Crippen molar-refractivity contribution >= 4 is 72.4 Å². The number of carbonyl (C=O) groups excluding carboxylic acids is 1. The third-order valence-electron chi connectivity index (χ3n) is 13.0. The van der Waals surface area contributed by atoms with Crippen molar-refractivity contribution in [3.8, 4) is 11.5 Å². The first kappa shape index (κ1) is 45.4. The van der Waals surface area contributed by atoms with Crippen LogP contribution in [0.1, 0.15) is 66.9 Å². The van der Waals surface area contributed by atoms with Crippen LogP contribution in [0.15, 0.2) is 113 Å². The molecule has 0 spiro atoms. The molecule has 9 rings (SSSR count). The Morgan fingerprint density at radius 1 is 0.955 bits per heavy atom. The number of hydrogen-bond donors (Lipinski definition) is 3. The van der Waals surface area contributed by atoms with Crippen molar-refractivity contribution in [2.45, 2.75) is 63.4 Å². The topological polar surface area (TPSA) is 166 Å². The highest BCUT2D eigenvalue weighted by Crippen LogP contribution is 2.43. The SMILES string of the molecule is CC1(C)CCC(CN2CCN(c3ccc(C(=O)NS(=O)(=O)c4ccc(NC5CCN(Cc6nccs6)CC5)c([N+](=O)[O-])c4)c(Oc4ccc5[nH]ccc5c4)c3)CC2)=C(c2ccc(Cl)cc2)C1. The molecule has 2 aromatic heterocycles. The Hall–Kier alpha value is -5.78. The van der Waals surface area contributed by atoms with Gasteiger partial charge in [0.25, 0.3) is 21.6 Å². The van der Waals surface area contributed by atoms with Crippen molar-refractivity contribution in [1.82, 2.24) is 24.5 Å². The number of ether oxygens (including phenoxy) is 1. The minimum atomic E-state index is -4.56. The molecule has 1 amide bonds. The zero-order chi connectivity index (χ0) is 46.0. The van der Waals surface area contributed by atoms with Gasteiger partial charge < -0.3 is 19.9 Å². The number of halogens is 1. The van der Waals surface area contributed by atoms with Crippen LogP contribution < -0.4 is 19.7 Å². The Morgan fingerprint density at radius 2 is 1.73 bits per heavy atom. The molecule has 344 valence electrons. The lowest BCUT2D eigenvalue weighted by atomic mass is 9.72. The molecule has 4 heterocycles. The van der Waals surface area contributed by atoms with Crippen LogP contribution in [0.5, 0.6) is 11.5 Å². The van der Waals surface area contributed by atoms with Gasteiger partial charge in [0, 0.05) is 103 Å². The number of piperazine rings is 1. The molecule has 2 aliphatic heterocycles. The number of nitrogens with one attached hydrogen (secondary N) is 3. The number of hydrogen-bond acceptors (Lipinski definition) is 12. The molecule has 0 bridgehead atoms. The maximum absolute atomic E-state index is 14.0. The predicted molar refractivity (Wildman–Crippen MR) is 261 cm³/mol. The molecule has 14 nitrogen and oxygen atoms in total. The number of benzene rings is 4. The number of sulfonamides is 1. The summed E-state index contributed by atoms with van der Waals surface area (Å²) in [5.41, 5.74) is 5.90. The molecule has 66 heavy (non-hydrogen) atoms. The van der Waals surface area contributed by atoms with E-state index in [0.717, 1.165) is 117 Å². The largest absolute Gasteiger partial charge is 0.456 e. The van der Waals surface area contributed by atoms with E-state index in [1.54, 1.807) is 41.8 Å². The summed E-state index contributed by atoms with van der Waals surface area (Å²) in [6.07, 6.45) is 8.32. The number of nitrogens with zero attached hydrogens (tertiary/aromatic N) is 5. The highest BCUT2D eigenvalue weighted by atomic mass is 35.5. The number of allylic oxidation sites excluding steroid dienone is 1. The van der Waals surface area contributed by atoms with Gasteiger partial charge >= 0.3 is 0 Å². The number of likely N-dealkylation sites (tertiary alicyclic amines) is 1. The Balaban J connectivity index is 0.904. The summed E-state index contributed by atoms with van der Waals surface area (Å²) < 4.78 is 36.2. The van der Waals surface area contributed by atoms with Gasteiger partial charge in [-0.2, -0.15) is 0 Å². The Labute approximate surface area is 393 Å². The molecule has 2 fully saturated rings. The number of anilines is 2. The van der Waals surface area contributed by atoms with E-state index in [2.05, 4.69) is 60.7 Å². The van der Waals surface area contributed by atoms with Crippen molar-refractivity contribution in [1.29, 1.82) is 0 Å². The molecule has 17 heteroatoms. The molecular weight excluding hydrogens is 896 g/mol. The second-order valence-corrected chi connectivity index (χ2v) is 21.3. The molecule has 0 radical (unpaired) electrons. The zero-order valence-electron chi connectivity index (χ0n) is 37.0. The minimum absolute atomic E-state index is 0.00833. The predicted octanol–water partition coefficient (Wildman–Crippen LogP) is 9.96.